The van der Waals surface area contributed by atoms with Crippen molar-refractivity contribution in [1.29, 1.82) is 0 Å². The lowest BCUT2D eigenvalue weighted by Gasteiger charge is -2.35. The van der Waals surface area contributed by atoms with Gasteiger partial charge in [-0.05, 0) is 17.9 Å². The summed E-state index contributed by atoms with van der Waals surface area (Å²) in [5, 5.41) is 6.48. The second kappa shape index (κ2) is 9.37. The van der Waals surface area contributed by atoms with Crippen molar-refractivity contribution in [3.63, 3.8) is 0 Å². The molecule has 1 atom stereocenters. The molecule has 126 valence electrons. The van der Waals surface area contributed by atoms with E-state index in [-0.39, 0.29) is 29.4 Å². The van der Waals surface area contributed by atoms with Crippen LogP contribution in [-0.4, -0.2) is 48.5 Å². The Morgan fingerprint density at radius 1 is 1.50 bits per heavy atom. The van der Waals surface area contributed by atoms with E-state index in [1.165, 1.54) is 17.1 Å². The molecule has 0 radical (unpaired) electrons. The molecule has 2 rings (SSSR count). The molecule has 0 bridgehead atoms. The van der Waals surface area contributed by atoms with E-state index >= 15 is 0 Å². The summed E-state index contributed by atoms with van der Waals surface area (Å²) >= 11 is 3.93. The topological polar surface area (TPSA) is 27.6 Å². The molecule has 0 aliphatic carbocycles. The number of hydrogen-bond acceptors (Lipinski definition) is 3. The first kappa shape index (κ1) is 20.1. The van der Waals surface area contributed by atoms with Crippen LogP contribution in [0.2, 0.25) is 0 Å². The van der Waals surface area contributed by atoms with E-state index in [2.05, 4.69) is 65.3 Å². The molecule has 1 aliphatic heterocycles. The molecule has 22 heavy (non-hydrogen) atoms. The minimum atomic E-state index is 0. The van der Waals surface area contributed by atoms with Crippen molar-refractivity contribution in [3.8, 4) is 0 Å². The zero-order chi connectivity index (χ0) is 15.3. The molecular weight excluding hydrogens is 425 g/mol. The van der Waals surface area contributed by atoms with Crippen molar-refractivity contribution in [3.05, 3.63) is 22.4 Å². The molecule has 1 saturated heterocycles. The third-order valence-corrected chi connectivity index (χ3v) is 6.59. The molecule has 1 fully saturated rings. The van der Waals surface area contributed by atoms with Gasteiger partial charge in [0.05, 0.1) is 0 Å². The number of rotatable bonds is 4. The van der Waals surface area contributed by atoms with Gasteiger partial charge in [-0.25, -0.2) is 0 Å². The van der Waals surface area contributed by atoms with Crippen LogP contribution >= 0.6 is 47.1 Å². The second-order valence-corrected chi connectivity index (χ2v) is 8.46. The first-order valence-electron chi connectivity index (χ1n) is 7.68. The van der Waals surface area contributed by atoms with Crippen molar-refractivity contribution in [1.82, 2.24) is 10.2 Å². The highest BCUT2D eigenvalue weighted by Crippen LogP contribution is 2.27. The van der Waals surface area contributed by atoms with Crippen LogP contribution in [0.15, 0.2) is 22.5 Å². The van der Waals surface area contributed by atoms with E-state index in [9.17, 15) is 0 Å². The number of guanidine groups is 1. The lowest BCUT2D eigenvalue weighted by atomic mass is 9.91. The molecule has 0 amide bonds. The van der Waals surface area contributed by atoms with Crippen LogP contribution in [0.3, 0.4) is 0 Å². The van der Waals surface area contributed by atoms with Crippen molar-refractivity contribution < 1.29 is 0 Å². The summed E-state index contributed by atoms with van der Waals surface area (Å²) in [4.78, 5) is 8.32. The van der Waals surface area contributed by atoms with Gasteiger partial charge in [-0.3, -0.25) is 4.99 Å². The average molecular weight is 453 g/mol. The monoisotopic (exact) mass is 453 g/mol. The Morgan fingerprint density at radius 2 is 2.27 bits per heavy atom. The smallest absolute Gasteiger partial charge is 0.193 e. The predicted molar refractivity (Wildman–Crippen MR) is 112 cm³/mol. The Hall–Kier alpha value is 0.0500. The highest BCUT2D eigenvalue weighted by Gasteiger charge is 2.25. The number of thioether (sulfide) groups is 1. The van der Waals surface area contributed by atoms with Crippen LogP contribution in [0.5, 0.6) is 0 Å². The van der Waals surface area contributed by atoms with Crippen molar-refractivity contribution in [2.24, 2.45) is 4.99 Å². The maximum absolute atomic E-state index is 4.49. The number of halogens is 1. The highest BCUT2D eigenvalue weighted by atomic mass is 127. The van der Waals surface area contributed by atoms with Gasteiger partial charge < -0.3 is 10.2 Å². The number of thiophene rings is 1. The molecule has 6 heteroatoms. The molecule has 1 aromatic heterocycles. The molecule has 0 saturated carbocycles. The third-order valence-electron chi connectivity index (χ3n) is 3.98. The Labute approximate surface area is 160 Å². The van der Waals surface area contributed by atoms with E-state index in [0.717, 1.165) is 30.8 Å². The molecule has 0 aromatic carbocycles. The number of nitrogens with one attached hydrogen (secondary N) is 1. The summed E-state index contributed by atoms with van der Waals surface area (Å²) in [6.07, 6.45) is 1.23. The zero-order valence-corrected chi connectivity index (χ0v) is 17.9. The van der Waals surface area contributed by atoms with Crippen LogP contribution in [-0.2, 0) is 5.41 Å². The zero-order valence-electron chi connectivity index (χ0n) is 14.0. The van der Waals surface area contributed by atoms with Gasteiger partial charge in [-0.15, -0.1) is 35.3 Å². The SMILES string of the molecule is CCC1CN(C(=NC)NCC(C)(C)c2cccs2)CCS1.I. The Bertz CT molecular complexity index is 460. The Kier molecular flexibility index (Phi) is 8.56. The quantitative estimate of drug-likeness (QED) is 0.424. The van der Waals surface area contributed by atoms with E-state index in [4.69, 9.17) is 0 Å². The van der Waals surface area contributed by atoms with E-state index in [1.807, 2.05) is 18.4 Å². The molecule has 1 aliphatic rings. The number of hydrogen-bond donors (Lipinski definition) is 1. The molecular formula is C16H28IN3S2. The Balaban J connectivity index is 0.00000242. The first-order chi connectivity index (χ1) is 10.1. The van der Waals surface area contributed by atoms with Crippen molar-refractivity contribution in [2.45, 2.75) is 37.9 Å². The molecule has 1 aromatic rings. The molecule has 3 nitrogen and oxygen atoms in total. The van der Waals surface area contributed by atoms with Gasteiger partial charge in [0.25, 0.3) is 0 Å². The van der Waals surface area contributed by atoms with Crippen LogP contribution < -0.4 is 5.32 Å². The normalized spacial score (nSPS) is 19.7. The van der Waals surface area contributed by atoms with E-state index < -0.39 is 0 Å². The highest BCUT2D eigenvalue weighted by molar-refractivity contribution is 14.0. The summed E-state index contributed by atoms with van der Waals surface area (Å²) in [5.74, 6) is 2.26. The fourth-order valence-electron chi connectivity index (χ4n) is 2.54. The lowest BCUT2D eigenvalue weighted by Crippen LogP contribution is -2.50. The largest absolute Gasteiger partial charge is 0.355 e. The molecule has 0 spiro atoms. The summed E-state index contributed by atoms with van der Waals surface area (Å²) in [6, 6.07) is 4.35. The fourth-order valence-corrected chi connectivity index (χ4v) is 4.57. The summed E-state index contributed by atoms with van der Waals surface area (Å²) in [5.41, 5.74) is 0.138. The summed E-state index contributed by atoms with van der Waals surface area (Å²) in [6.45, 7) is 9.98. The maximum Gasteiger partial charge on any atom is 0.193 e. The van der Waals surface area contributed by atoms with Gasteiger partial charge in [0.15, 0.2) is 5.96 Å². The minimum Gasteiger partial charge on any atom is -0.355 e. The van der Waals surface area contributed by atoms with E-state index in [0.29, 0.717) is 0 Å². The van der Waals surface area contributed by atoms with Crippen molar-refractivity contribution >= 4 is 53.0 Å². The van der Waals surface area contributed by atoms with Gasteiger partial charge in [-0.1, -0.05) is 26.8 Å². The maximum atomic E-state index is 4.49. The van der Waals surface area contributed by atoms with Gasteiger partial charge in [0.1, 0.15) is 0 Å². The van der Waals surface area contributed by atoms with Crippen LogP contribution in [0.4, 0.5) is 0 Å². The molecule has 1 N–H and O–H groups in total. The Morgan fingerprint density at radius 3 is 2.86 bits per heavy atom. The van der Waals surface area contributed by atoms with Gasteiger partial charge in [-0.2, -0.15) is 11.8 Å². The minimum absolute atomic E-state index is 0. The summed E-state index contributed by atoms with van der Waals surface area (Å²) < 4.78 is 0. The standard InChI is InChI=1S/C16H27N3S2.HI/c1-5-13-11-19(8-10-20-13)15(17-4)18-12-16(2,3)14-7-6-9-21-14;/h6-7,9,13H,5,8,10-12H2,1-4H3,(H,17,18);1H. The van der Waals surface area contributed by atoms with Crippen LogP contribution in [0, 0.1) is 0 Å². The fraction of sp³-hybridized carbons (Fsp3) is 0.688. The molecule has 1 unspecified atom stereocenters. The van der Waals surface area contributed by atoms with E-state index in [1.54, 1.807) is 0 Å². The van der Waals surface area contributed by atoms with Gasteiger partial charge in [0.2, 0.25) is 0 Å². The average Bonchev–Trinajstić information content (AvgIpc) is 3.03. The van der Waals surface area contributed by atoms with Crippen LogP contribution in [0.1, 0.15) is 32.1 Å². The van der Waals surface area contributed by atoms with Gasteiger partial charge >= 0.3 is 0 Å². The second-order valence-electron chi connectivity index (χ2n) is 6.11. The third kappa shape index (κ3) is 5.30. The predicted octanol–water partition coefficient (Wildman–Crippen LogP) is 4.05. The molecule has 2 heterocycles. The number of nitrogens with zero attached hydrogens (tertiary/aromatic N) is 2. The first-order valence-corrected chi connectivity index (χ1v) is 9.61. The number of aliphatic imine (C=N–C) groups is 1. The van der Waals surface area contributed by atoms with Gasteiger partial charge in [0, 0.05) is 48.0 Å². The van der Waals surface area contributed by atoms with Crippen LogP contribution in [0.25, 0.3) is 0 Å². The van der Waals surface area contributed by atoms with Crippen molar-refractivity contribution in [2.75, 3.05) is 32.4 Å². The summed E-state index contributed by atoms with van der Waals surface area (Å²) in [7, 11) is 1.89. The lowest BCUT2D eigenvalue weighted by molar-refractivity contribution is 0.399.